The van der Waals surface area contributed by atoms with E-state index in [0.29, 0.717) is 33.1 Å². The van der Waals surface area contributed by atoms with Crippen molar-refractivity contribution < 1.29 is 14.3 Å². The highest BCUT2D eigenvalue weighted by Gasteiger charge is 2.36. The van der Waals surface area contributed by atoms with E-state index in [0.717, 1.165) is 16.9 Å². The predicted molar refractivity (Wildman–Crippen MR) is 137 cm³/mol. The van der Waals surface area contributed by atoms with Crippen LogP contribution in [0.25, 0.3) is 0 Å². The van der Waals surface area contributed by atoms with Crippen LogP contribution in [0.3, 0.4) is 0 Å². The fraction of sp³-hybridized carbons (Fsp3) is 0.259. The lowest BCUT2D eigenvalue weighted by molar-refractivity contribution is -0.122. The van der Waals surface area contributed by atoms with E-state index in [9.17, 15) is 9.59 Å². The van der Waals surface area contributed by atoms with Crippen molar-refractivity contribution in [1.29, 1.82) is 0 Å². The number of hydrogen-bond acceptors (Lipinski definition) is 3. The molecule has 0 aromatic heterocycles. The van der Waals surface area contributed by atoms with Gasteiger partial charge < -0.3 is 15.0 Å². The number of carbonyl (C=O) groups is 2. The molecule has 4 rings (SSSR count). The number of hydrogen-bond donors (Lipinski definition) is 1. The Morgan fingerprint density at radius 2 is 1.82 bits per heavy atom. The van der Waals surface area contributed by atoms with E-state index < -0.39 is 5.92 Å². The lowest BCUT2D eigenvalue weighted by Gasteiger charge is -2.18. The zero-order chi connectivity index (χ0) is 24.4. The van der Waals surface area contributed by atoms with Gasteiger partial charge in [-0.25, -0.2) is 0 Å². The molecule has 0 aliphatic carbocycles. The number of halogens is 2. The average Bonchev–Trinajstić information content (AvgIpc) is 3.18. The summed E-state index contributed by atoms with van der Waals surface area (Å²) in [6, 6.07) is 18.5. The van der Waals surface area contributed by atoms with Crippen LogP contribution in [0.4, 0.5) is 11.4 Å². The van der Waals surface area contributed by atoms with Gasteiger partial charge in [0.25, 0.3) is 0 Å². The molecular formula is C27H26Cl2N2O3. The Hall–Kier alpha value is -3.02. The molecule has 0 radical (unpaired) electrons. The second-order valence-corrected chi connectivity index (χ2v) is 9.58. The van der Waals surface area contributed by atoms with E-state index in [4.69, 9.17) is 27.9 Å². The van der Waals surface area contributed by atoms with Crippen LogP contribution in [0.15, 0.2) is 60.7 Å². The van der Waals surface area contributed by atoms with Crippen molar-refractivity contribution in [3.05, 3.63) is 81.8 Å². The van der Waals surface area contributed by atoms with Gasteiger partial charge in [0.2, 0.25) is 11.8 Å². The topological polar surface area (TPSA) is 58.6 Å². The molecule has 0 spiro atoms. The molecule has 1 aliphatic heterocycles. The minimum absolute atomic E-state index is 0.112. The van der Waals surface area contributed by atoms with Crippen molar-refractivity contribution in [1.82, 2.24) is 0 Å². The number of anilines is 2. The fourth-order valence-electron chi connectivity index (χ4n) is 4.00. The number of rotatable bonds is 6. The predicted octanol–water partition coefficient (Wildman–Crippen LogP) is 7.21. The molecule has 5 nitrogen and oxygen atoms in total. The van der Waals surface area contributed by atoms with Crippen LogP contribution in [-0.4, -0.2) is 18.4 Å². The molecule has 0 unspecified atom stereocenters. The maximum Gasteiger partial charge on any atom is 0.229 e. The summed E-state index contributed by atoms with van der Waals surface area (Å²) < 4.78 is 6.12. The summed E-state index contributed by atoms with van der Waals surface area (Å²) in [6.45, 7) is 6.54. The van der Waals surface area contributed by atoms with E-state index in [1.165, 1.54) is 4.90 Å². The van der Waals surface area contributed by atoms with E-state index >= 15 is 0 Å². The molecular weight excluding hydrogens is 471 g/mol. The molecule has 2 amide bonds. The highest BCUT2D eigenvalue weighted by atomic mass is 35.5. The van der Waals surface area contributed by atoms with Crippen LogP contribution in [0.2, 0.25) is 10.0 Å². The minimum Gasteiger partial charge on any atom is -0.457 e. The van der Waals surface area contributed by atoms with Gasteiger partial charge in [0.1, 0.15) is 11.5 Å². The maximum atomic E-state index is 12.8. The van der Waals surface area contributed by atoms with Crippen LogP contribution >= 0.6 is 23.2 Å². The highest BCUT2D eigenvalue weighted by molar-refractivity contribution is 6.44. The third-order valence-electron chi connectivity index (χ3n) is 5.86. The number of nitrogens with zero attached hydrogens (tertiary/aromatic N) is 1. The highest BCUT2D eigenvalue weighted by Crippen LogP contribution is 2.36. The van der Waals surface area contributed by atoms with Crippen molar-refractivity contribution in [2.45, 2.75) is 33.1 Å². The molecule has 7 heteroatoms. The average molecular weight is 497 g/mol. The van der Waals surface area contributed by atoms with Gasteiger partial charge in [-0.15, -0.1) is 0 Å². The van der Waals surface area contributed by atoms with Crippen molar-refractivity contribution in [3.63, 3.8) is 0 Å². The van der Waals surface area contributed by atoms with Gasteiger partial charge in [-0.05, 0) is 66.4 Å². The number of aryl methyl sites for hydroxylation is 1. The maximum absolute atomic E-state index is 12.8. The third kappa shape index (κ3) is 5.21. The summed E-state index contributed by atoms with van der Waals surface area (Å²) in [5.41, 5.74) is 3.42. The SMILES string of the molecule is Cc1ccc(C(C)C)c(Oc2ccc(NC(=O)[C@@H]3CC(=O)N(c4cccc(Cl)c4Cl)C3)cc2)c1. The Bertz CT molecular complexity index is 1230. The summed E-state index contributed by atoms with van der Waals surface area (Å²) in [7, 11) is 0. The quantitative estimate of drug-likeness (QED) is 0.392. The Labute approximate surface area is 209 Å². The lowest BCUT2D eigenvalue weighted by Crippen LogP contribution is -2.28. The van der Waals surface area contributed by atoms with E-state index in [2.05, 4.69) is 31.3 Å². The summed E-state index contributed by atoms with van der Waals surface area (Å²) in [5.74, 6) is 0.985. The number of ether oxygens (including phenoxy) is 1. The minimum atomic E-state index is -0.487. The first kappa shape index (κ1) is 24.1. The Kier molecular flexibility index (Phi) is 7.15. The normalized spacial score (nSPS) is 15.6. The molecule has 34 heavy (non-hydrogen) atoms. The monoisotopic (exact) mass is 496 g/mol. The van der Waals surface area contributed by atoms with Gasteiger partial charge in [0.15, 0.2) is 0 Å². The van der Waals surface area contributed by atoms with Crippen molar-refractivity contribution >= 4 is 46.4 Å². The second kappa shape index (κ2) is 10.1. The van der Waals surface area contributed by atoms with Crippen LogP contribution in [0.1, 0.15) is 37.3 Å². The summed E-state index contributed by atoms with van der Waals surface area (Å²) in [4.78, 5) is 26.9. The first-order valence-electron chi connectivity index (χ1n) is 11.2. The molecule has 3 aromatic carbocycles. The van der Waals surface area contributed by atoms with Gasteiger partial charge in [-0.1, -0.05) is 55.2 Å². The molecule has 1 aliphatic rings. The molecule has 3 aromatic rings. The van der Waals surface area contributed by atoms with Crippen LogP contribution in [-0.2, 0) is 9.59 Å². The van der Waals surface area contributed by atoms with Crippen molar-refractivity contribution in [3.8, 4) is 11.5 Å². The summed E-state index contributed by atoms with van der Waals surface area (Å²) in [6.07, 6.45) is 0.112. The van der Waals surface area contributed by atoms with Crippen LogP contribution < -0.4 is 15.0 Å². The van der Waals surface area contributed by atoms with E-state index in [1.807, 2.05) is 25.1 Å². The van der Waals surface area contributed by atoms with Crippen molar-refractivity contribution in [2.75, 3.05) is 16.8 Å². The van der Waals surface area contributed by atoms with Gasteiger partial charge in [0.05, 0.1) is 21.7 Å². The Morgan fingerprint density at radius 1 is 1.09 bits per heavy atom. The third-order valence-corrected chi connectivity index (χ3v) is 6.67. The first-order valence-corrected chi connectivity index (χ1v) is 11.9. The molecule has 0 saturated carbocycles. The molecule has 0 bridgehead atoms. The number of nitrogens with one attached hydrogen (secondary N) is 1. The fourth-order valence-corrected chi connectivity index (χ4v) is 4.40. The second-order valence-electron chi connectivity index (χ2n) is 8.79. The number of amides is 2. The molecule has 176 valence electrons. The van der Waals surface area contributed by atoms with Crippen molar-refractivity contribution in [2.24, 2.45) is 5.92 Å². The zero-order valence-electron chi connectivity index (χ0n) is 19.3. The van der Waals surface area contributed by atoms with Gasteiger partial charge in [0, 0.05) is 18.7 Å². The summed E-state index contributed by atoms with van der Waals surface area (Å²) in [5, 5.41) is 3.58. The van der Waals surface area contributed by atoms with E-state index in [-0.39, 0.29) is 24.8 Å². The molecule has 1 N–H and O–H groups in total. The smallest absolute Gasteiger partial charge is 0.229 e. The standard InChI is InChI=1S/C27H26Cl2N2O3/c1-16(2)21-12-7-17(3)13-24(21)34-20-10-8-19(9-11-20)30-27(33)18-14-25(32)31(15-18)23-6-4-5-22(28)26(23)29/h4-13,16,18H,14-15H2,1-3H3,(H,30,33)/t18-/m1/s1. The zero-order valence-corrected chi connectivity index (χ0v) is 20.8. The lowest BCUT2D eigenvalue weighted by atomic mass is 10.0. The van der Waals surface area contributed by atoms with Gasteiger partial charge in [-0.3, -0.25) is 9.59 Å². The molecule has 1 heterocycles. The molecule has 1 fully saturated rings. The Balaban J connectivity index is 1.41. The van der Waals surface area contributed by atoms with E-state index in [1.54, 1.807) is 30.3 Å². The van der Waals surface area contributed by atoms with Crippen LogP contribution in [0.5, 0.6) is 11.5 Å². The number of carbonyl (C=O) groups excluding carboxylic acids is 2. The largest absolute Gasteiger partial charge is 0.457 e. The van der Waals surface area contributed by atoms with Crippen LogP contribution in [0, 0.1) is 12.8 Å². The Morgan fingerprint density at radius 3 is 2.53 bits per heavy atom. The molecule has 1 saturated heterocycles. The first-order chi connectivity index (χ1) is 16.2. The van der Waals surface area contributed by atoms with Gasteiger partial charge in [-0.2, -0.15) is 0 Å². The molecule has 1 atom stereocenters. The number of benzene rings is 3. The van der Waals surface area contributed by atoms with Gasteiger partial charge >= 0.3 is 0 Å². The summed E-state index contributed by atoms with van der Waals surface area (Å²) >= 11 is 12.3.